The van der Waals surface area contributed by atoms with Gasteiger partial charge in [0.1, 0.15) is 0 Å². The molecule has 1 aliphatic heterocycles. The third kappa shape index (κ3) is 2.70. The molecule has 100 valence electrons. The monoisotopic (exact) mass is 276 g/mol. The van der Waals surface area contributed by atoms with E-state index in [2.05, 4.69) is 0 Å². The summed E-state index contributed by atoms with van der Waals surface area (Å²) < 4.78 is 26.5. The molecule has 1 aromatic rings. The van der Waals surface area contributed by atoms with Gasteiger partial charge in [0.25, 0.3) is 0 Å². The molecule has 0 saturated carbocycles. The Balaban J connectivity index is 2.38. The molecule has 1 heterocycles. The average molecular weight is 276 g/mol. The number of rotatable bonds is 2. The van der Waals surface area contributed by atoms with E-state index in [9.17, 15) is 8.42 Å². The fourth-order valence-corrected chi connectivity index (χ4v) is 3.70. The molecule has 1 aliphatic rings. The number of benzene rings is 1. The topological polar surface area (TPSA) is 61.2 Å². The largest absolute Gasteiger partial charge is 0.243 e. The molecule has 0 bridgehead atoms. The molecule has 0 saturated heterocycles. The molecular weight excluding hydrogens is 260 g/mol. The van der Waals surface area contributed by atoms with Gasteiger partial charge in [-0.15, -0.1) is 0 Å². The fourth-order valence-electron chi connectivity index (χ4n) is 2.12. The van der Waals surface area contributed by atoms with Crippen LogP contribution in [0.3, 0.4) is 0 Å². The number of hydrogen-bond acceptors (Lipinski definition) is 3. The molecule has 4 nitrogen and oxygen atoms in total. The van der Waals surface area contributed by atoms with Crippen LogP contribution < -0.4 is 0 Å². The second kappa shape index (κ2) is 5.16. The number of aryl methyl sites for hydroxylation is 1. The Morgan fingerprint density at radius 1 is 1.32 bits per heavy atom. The third-order valence-electron chi connectivity index (χ3n) is 3.32. The lowest BCUT2D eigenvalue weighted by Crippen LogP contribution is -2.35. The number of nitrogens with zero attached hydrogens (tertiary/aromatic N) is 2. The van der Waals surface area contributed by atoms with Crippen molar-refractivity contribution in [2.45, 2.75) is 25.2 Å². The van der Waals surface area contributed by atoms with Gasteiger partial charge in [-0.3, -0.25) is 0 Å². The summed E-state index contributed by atoms with van der Waals surface area (Å²) in [6.45, 7) is 4.67. The molecule has 0 N–H and O–H groups in total. The highest BCUT2D eigenvalue weighted by Crippen LogP contribution is 2.23. The smallest absolute Gasteiger partial charge is 0.207 e. The lowest BCUT2D eigenvalue weighted by molar-refractivity contribution is 0.431. The first-order valence-corrected chi connectivity index (χ1v) is 7.55. The van der Waals surface area contributed by atoms with E-state index in [4.69, 9.17) is 5.26 Å². The van der Waals surface area contributed by atoms with Crippen molar-refractivity contribution in [1.29, 1.82) is 5.26 Å². The quantitative estimate of drug-likeness (QED) is 0.778. The SMILES string of the molecule is CC1=CCN(S(=O)(=O)c2ccc(C#N)cc2C)CC1. The minimum Gasteiger partial charge on any atom is -0.207 e. The summed E-state index contributed by atoms with van der Waals surface area (Å²) >= 11 is 0. The van der Waals surface area contributed by atoms with Gasteiger partial charge >= 0.3 is 0 Å². The molecule has 2 rings (SSSR count). The maximum absolute atomic E-state index is 12.5. The van der Waals surface area contributed by atoms with Crippen molar-refractivity contribution in [3.63, 3.8) is 0 Å². The van der Waals surface area contributed by atoms with Crippen LogP contribution in [0.4, 0.5) is 0 Å². The highest BCUT2D eigenvalue weighted by atomic mass is 32.2. The van der Waals surface area contributed by atoms with Crippen LogP contribution in [0, 0.1) is 18.3 Å². The van der Waals surface area contributed by atoms with Gasteiger partial charge in [-0.05, 0) is 44.0 Å². The van der Waals surface area contributed by atoms with Crippen molar-refractivity contribution in [2.24, 2.45) is 0 Å². The van der Waals surface area contributed by atoms with Crippen LogP contribution in [-0.4, -0.2) is 25.8 Å². The number of sulfonamides is 1. The summed E-state index contributed by atoms with van der Waals surface area (Å²) in [6.07, 6.45) is 2.72. The Bertz CT molecular complexity index is 669. The summed E-state index contributed by atoms with van der Waals surface area (Å²) in [5.41, 5.74) is 2.32. The summed E-state index contributed by atoms with van der Waals surface area (Å²) in [5.74, 6) is 0. The van der Waals surface area contributed by atoms with E-state index in [1.165, 1.54) is 15.9 Å². The van der Waals surface area contributed by atoms with Crippen LogP contribution >= 0.6 is 0 Å². The summed E-state index contributed by atoms with van der Waals surface area (Å²) in [5, 5.41) is 8.82. The van der Waals surface area contributed by atoms with Gasteiger partial charge in [0.05, 0.1) is 16.5 Å². The van der Waals surface area contributed by atoms with Gasteiger partial charge in [0.2, 0.25) is 10.0 Å². The maximum atomic E-state index is 12.5. The van der Waals surface area contributed by atoms with Crippen LogP contribution in [0.1, 0.15) is 24.5 Å². The van der Waals surface area contributed by atoms with Gasteiger partial charge in [0, 0.05) is 13.1 Å². The highest BCUT2D eigenvalue weighted by Gasteiger charge is 2.26. The highest BCUT2D eigenvalue weighted by molar-refractivity contribution is 7.89. The van der Waals surface area contributed by atoms with E-state index in [0.29, 0.717) is 29.1 Å². The van der Waals surface area contributed by atoms with E-state index in [1.54, 1.807) is 19.1 Å². The van der Waals surface area contributed by atoms with Crippen molar-refractivity contribution in [1.82, 2.24) is 4.31 Å². The molecule has 19 heavy (non-hydrogen) atoms. The average Bonchev–Trinajstić information content (AvgIpc) is 2.38. The Morgan fingerprint density at radius 2 is 2.05 bits per heavy atom. The molecule has 1 aromatic carbocycles. The molecule has 0 radical (unpaired) electrons. The van der Waals surface area contributed by atoms with Crippen LogP contribution in [0.15, 0.2) is 34.7 Å². The normalized spacial score (nSPS) is 16.8. The van der Waals surface area contributed by atoms with Gasteiger partial charge < -0.3 is 0 Å². The minimum atomic E-state index is -3.46. The summed E-state index contributed by atoms with van der Waals surface area (Å²) in [4.78, 5) is 0.291. The summed E-state index contributed by atoms with van der Waals surface area (Å²) in [7, 11) is -3.46. The molecule has 0 fully saturated rings. The van der Waals surface area contributed by atoms with Crippen molar-refractivity contribution < 1.29 is 8.42 Å². The fraction of sp³-hybridized carbons (Fsp3) is 0.357. The Hall–Kier alpha value is -1.64. The van der Waals surface area contributed by atoms with Crippen LogP contribution in [0.25, 0.3) is 0 Å². The second-order valence-corrected chi connectivity index (χ2v) is 6.66. The predicted molar refractivity (Wildman–Crippen MR) is 73.0 cm³/mol. The van der Waals surface area contributed by atoms with Gasteiger partial charge in [0.15, 0.2) is 0 Å². The summed E-state index contributed by atoms with van der Waals surface area (Å²) in [6, 6.07) is 6.69. The first kappa shape index (κ1) is 13.8. The van der Waals surface area contributed by atoms with Crippen molar-refractivity contribution in [2.75, 3.05) is 13.1 Å². The first-order chi connectivity index (χ1) is 8.95. The minimum absolute atomic E-state index is 0.291. The Kier molecular flexibility index (Phi) is 3.74. The van der Waals surface area contributed by atoms with E-state index in [1.807, 2.05) is 19.1 Å². The van der Waals surface area contributed by atoms with Gasteiger partial charge in [-0.1, -0.05) is 11.6 Å². The molecule has 0 unspecified atom stereocenters. The molecule has 0 spiro atoms. The molecule has 0 aromatic heterocycles. The van der Waals surface area contributed by atoms with Crippen molar-refractivity contribution in [3.8, 4) is 6.07 Å². The van der Waals surface area contributed by atoms with Crippen molar-refractivity contribution >= 4 is 10.0 Å². The van der Waals surface area contributed by atoms with Gasteiger partial charge in [-0.2, -0.15) is 9.57 Å². The predicted octanol–water partition coefficient (Wildman–Crippen LogP) is 2.21. The number of nitriles is 1. The lowest BCUT2D eigenvalue weighted by atomic mass is 10.1. The van der Waals surface area contributed by atoms with E-state index in [-0.39, 0.29) is 0 Å². The molecule has 0 amide bonds. The first-order valence-electron chi connectivity index (χ1n) is 6.11. The van der Waals surface area contributed by atoms with E-state index in [0.717, 1.165) is 6.42 Å². The van der Waals surface area contributed by atoms with Crippen LogP contribution in [0.5, 0.6) is 0 Å². The molecule has 0 aliphatic carbocycles. The zero-order valence-corrected chi connectivity index (χ0v) is 11.9. The van der Waals surface area contributed by atoms with Crippen LogP contribution in [-0.2, 0) is 10.0 Å². The lowest BCUT2D eigenvalue weighted by Gasteiger charge is -2.25. The van der Waals surface area contributed by atoms with E-state index >= 15 is 0 Å². The third-order valence-corrected chi connectivity index (χ3v) is 5.35. The van der Waals surface area contributed by atoms with E-state index < -0.39 is 10.0 Å². The molecule has 5 heteroatoms. The zero-order valence-electron chi connectivity index (χ0n) is 11.0. The number of hydrogen-bond donors (Lipinski definition) is 0. The zero-order chi connectivity index (χ0) is 14.0. The second-order valence-electron chi connectivity index (χ2n) is 4.76. The van der Waals surface area contributed by atoms with Crippen molar-refractivity contribution in [3.05, 3.63) is 41.0 Å². The molecular formula is C14H16N2O2S. The maximum Gasteiger partial charge on any atom is 0.243 e. The van der Waals surface area contributed by atoms with Gasteiger partial charge in [-0.25, -0.2) is 8.42 Å². The standard InChI is InChI=1S/C14H16N2O2S/c1-11-5-7-16(8-6-11)19(17,18)14-4-3-13(10-15)9-12(14)2/h3-5,9H,6-8H2,1-2H3. The van der Waals surface area contributed by atoms with Crippen LogP contribution in [0.2, 0.25) is 0 Å². The Labute approximate surface area is 114 Å². The Morgan fingerprint density at radius 3 is 2.58 bits per heavy atom. The molecule has 0 atom stereocenters.